The van der Waals surface area contributed by atoms with Crippen molar-refractivity contribution in [3.8, 4) is 33.4 Å². The Hall–Kier alpha value is -13.3. The zero-order chi connectivity index (χ0) is 105. The first-order valence-electron chi connectivity index (χ1n) is 37.9. The number of halogens is 48. The quantitative estimate of drug-likeness (QED) is 0.0686. The summed E-state index contributed by atoms with van der Waals surface area (Å²) in [5, 5.41) is 0. The summed E-state index contributed by atoms with van der Waals surface area (Å²) in [6.07, 6.45) is -21.1. The minimum atomic E-state index is -8.71. The minimum absolute atomic E-state index is 0.122. The molecule has 3 nitrogen and oxygen atoms in total. The molecule has 140 heavy (non-hydrogen) atoms. The molecular formula is C89H37F48N3. The first-order chi connectivity index (χ1) is 64.3. The Bertz CT molecular complexity index is 6790. The average molecular weight is 2060 g/mol. The predicted octanol–water partition coefficient (Wildman–Crippen LogP) is 32.2. The highest BCUT2D eigenvalue weighted by Gasteiger charge is 2.96. The van der Waals surface area contributed by atoms with Crippen LogP contribution in [0.4, 0.5) is 262 Å². The van der Waals surface area contributed by atoms with Crippen molar-refractivity contribution in [2.45, 2.75) is 105 Å². The van der Waals surface area contributed by atoms with Gasteiger partial charge in [-0.1, -0.05) is 111 Å². The van der Waals surface area contributed by atoms with Crippen LogP contribution in [0.5, 0.6) is 0 Å². The van der Waals surface area contributed by atoms with Crippen LogP contribution in [0.1, 0.15) is 65.3 Å². The van der Waals surface area contributed by atoms with Crippen LogP contribution in [0.3, 0.4) is 0 Å². The van der Waals surface area contributed by atoms with Gasteiger partial charge < -0.3 is 14.7 Å². The number of fused-ring (bicyclic) bond motifs is 6. The molecule has 3 aliphatic rings. The Balaban J connectivity index is 0.000000183. The molecule has 744 valence electrons. The van der Waals surface area contributed by atoms with Gasteiger partial charge in [0.15, 0.2) is 145 Å². The number of hydrogen-bond acceptors (Lipinski definition) is 3. The van der Waals surface area contributed by atoms with Crippen molar-refractivity contribution in [2.75, 3.05) is 14.7 Å². The zero-order valence-electron chi connectivity index (χ0n) is 68.2. The molecule has 0 radical (unpaired) electrons. The fourth-order valence-corrected chi connectivity index (χ4v) is 17.0. The summed E-state index contributed by atoms with van der Waals surface area (Å²) >= 11 is 0. The summed E-state index contributed by atoms with van der Waals surface area (Å²) in [7, 11) is 0. The van der Waals surface area contributed by atoms with Gasteiger partial charge in [0.25, 0.3) is 0 Å². The molecule has 0 saturated heterocycles. The maximum Gasteiger partial charge on any atom is 0.460 e. The highest BCUT2D eigenvalue weighted by atomic mass is 19.4. The third kappa shape index (κ3) is 14.1. The number of aryl methyl sites for hydroxylation is 2. The second kappa shape index (κ2) is 34.0. The number of para-hydroxylation sites is 4. The molecule has 3 aliphatic heterocycles. The Morgan fingerprint density at radius 3 is 0.593 bits per heavy atom. The van der Waals surface area contributed by atoms with Crippen LogP contribution < -0.4 is 14.7 Å². The van der Waals surface area contributed by atoms with Crippen molar-refractivity contribution in [1.29, 1.82) is 0 Å². The molecule has 12 aromatic carbocycles. The summed E-state index contributed by atoms with van der Waals surface area (Å²) < 4.78 is 706. The average Bonchev–Trinajstić information content (AvgIpc) is 0.650. The van der Waals surface area contributed by atoms with Gasteiger partial charge in [0.05, 0.1) is 67.5 Å². The lowest BCUT2D eigenvalue weighted by atomic mass is 9.58. The second-order valence-corrected chi connectivity index (χ2v) is 31.2. The fraction of sp³-hybridized carbons (Fsp3) is 0.191. The van der Waals surface area contributed by atoms with Crippen LogP contribution in [0.25, 0.3) is 33.4 Å². The monoisotopic (exact) mass is 2060 g/mol. The molecule has 0 amide bonds. The van der Waals surface area contributed by atoms with Crippen molar-refractivity contribution < 1.29 is 211 Å². The van der Waals surface area contributed by atoms with E-state index in [0.29, 0.717) is 27.2 Å². The standard InChI is InChI=1S/C33H8F27N.C29H18F9N.C27H11F12N/c34-15-13(16(35)20(39)21(40)19(15)38)14-17(36)22(41)24(23(42)18(14)37)61-11-7-3-1-5-9(11)25(10-6-2-4-8-12(10)61,26(43,44)28(47,48)30(51,52)32(55,56)57)27(45,46)29(49,50)31(53,54)33(58,59)60;1-11-7-5-9-13-17(11)29(3,4)18-12(2)8-6-10-14(18)39(13)28-26(37)21(32)16(22(33)27(28)38)15-19(30)23(34)25(36)24(35)20(15)31;1-26(27(37,38)39)10-6-2-4-8-12(10)40(13-9-5-3-7-11(13)26)25-23(35)18(30)15(19(31)24(25)36)14-16(28)20(32)22(34)21(33)17(14)29/h1-8H;5-10H,1-4H3;2-9H,1H3. The second-order valence-electron chi connectivity index (χ2n) is 31.2. The smallest absolute Gasteiger partial charge is 0.304 e. The predicted molar refractivity (Wildman–Crippen MR) is 395 cm³/mol. The highest BCUT2D eigenvalue weighted by molar-refractivity contribution is 5.92. The van der Waals surface area contributed by atoms with E-state index >= 15 is 87.8 Å². The van der Waals surface area contributed by atoms with Crippen molar-refractivity contribution in [3.63, 3.8) is 0 Å². The molecule has 51 heteroatoms. The highest BCUT2D eigenvalue weighted by Crippen LogP contribution is 2.74. The topological polar surface area (TPSA) is 9.72 Å². The number of alkyl halides is 21. The van der Waals surface area contributed by atoms with Gasteiger partial charge in [-0.05, 0) is 102 Å². The van der Waals surface area contributed by atoms with E-state index in [9.17, 15) is 123 Å². The molecule has 15 rings (SSSR count). The first kappa shape index (κ1) is 104. The van der Waals surface area contributed by atoms with Gasteiger partial charge in [-0.3, -0.25) is 0 Å². The SMILES string of the molecule is CC1(C(F)(F)F)c2ccccc2N(c2c(F)c(F)c(-c3c(F)c(F)c(F)c(F)c3F)c(F)c2F)c2ccccc21.Cc1cccc2c1C(C)(C)c1c(C)cccc1N2c1c(F)c(F)c(-c2c(F)c(F)c(F)c(F)c2F)c(F)c1F.Fc1c(F)c(F)c(-c2c(F)c(F)c(N3c4ccccc4C(C(F)(F)C(F)(F)C(F)(F)C(F)(F)F)(C(F)(F)C(F)(F)C(F)(F)C(F)(F)F)c4ccccc43)c(F)c2F)c(F)c1F. The number of rotatable bonds is 12. The largest absolute Gasteiger partial charge is 0.460 e. The van der Waals surface area contributed by atoms with Crippen molar-refractivity contribution in [2.24, 2.45) is 0 Å². The third-order valence-electron chi connectivity index (χ3n) is 23.3. The lowest BCUT2D eigenvalue weighted by molar-refractivity contribution is -0.438. The third-order valence-corrected chi connectivity index (χ3v) is 23.3. The molecule has 3 heterocycles. The molecule has 0 saturated carbocycles. The van der Waals surface area contributed by atoms with E-state index in [2.05, 4.69) is 0 Å². The Labute approximate surface area is 747 Å². The summed E-state index contributed by atoms with van der Waals surface area (Å²) in [5.74, 6) is -125. The Morgan fingerprint density at radius 2 is 0.379 bits per heavy atom. The fourth-order valence-electron chi connectivity index (χ4n) is 17.0. The Morgan fingerprint density at radius 1 is 0.200 bits per heavy atom. The van der Waals surface area contributed by atoms with Gasteiger partial charge in [0.1, 0.15) is 22.5 Å². The Kier molecular flexibility index (Phi) is 25.3. The van der Waals surface area contributed by atoms with E-state index in [0.717, 1.165) is 36.1 Å². The molecule has 0 N–H and O–H groups in total. The summed E-state index contributed by atoms with van der Waals surface area (Å²) in [4.78, 5) is 0.487. The van der Waals surface area contributed by atoms with Crippen LogP contribution in [0.15, 0.2) is 133 Å². The van der Waals surface area contributed by atoms with Gasteiger partial charge >= 0.3 is 54.1 Å². The first-order valence-corrected chi connectivity index (χ1v) is 37.9. The lowest BCUT2D eigenvalue weighted by Gasteiger charge is -2.55. The van der Waals surface area contributed by atoms with E-state index in [1.54, 1.807) is 38.1 Å². The van der Waals surface area contributed by atoms with Gasteiger partial charge in [-0.2, -0.15) is 92.2 Å². The maximum atomic E-state index is 16.5. The van der Waals surface area contributed by atoms with Crippen molar-refractivity contribution in [3.05, 3.63) is 335 Å². The van der Waals surface area contributed by atoms with Crippen LogP contribution in [-0.4, -0.2) is 54.1 Å². The number of anilines is 9. The van der Waals surface area contributed by atoms with Crippen LogP contribution in [0, 0.1) is 171 Å². The minimum Gasteiger partial charge on any atom is -0.304 e. The molecular weight excluding hydrogens is 2020 g/mol. The van der Waals surface area contributed by atoms with Crippen LogP contribution in [0.2, 0.25) is 0 Å². The van der Waals surface area contributed by atoms with Crippen molar-refractivity contribution >= 4 is 51.2 Å². The summed E-state index contributed by atoms with van der Waals surface area (Å²) in [5.41, 5.74) is -41.6. The van der Waals surface area contributed by atoms with Crippen LogP contribution in [-0.2, 0) is 16.2 Å². The van der Waals surface area contributed by atoms with Gasteiger partial charge in [0.2, 0.25) is 17.5 Å². The van der Waals surface area contributed by atoms with E-state index in [-0.39, 0.29) is 47.8 Å². The number of benzene rings is 12. The van der Waals surface area contributed by atoms with Gasteiger partial charge in [-0.25, -0.2) is 119 Å². The molecule has 12 aromatic rings. The molecule has 0 aliphatic carbocycles. The molecule has 0 aromatic heterocycles. The van der Waals surface area contributed by atoms with Crippen LogP contribution >= 0.6 is 0 Å². The molecule has 0 bridgehead atoms. The summed E-state index contributed by atoms with van der Waals surface area (Å²) in [6, 6.07) is 15.9. The molecule has 0 atom stereocenters. The molecule has 0 unspecified atom stereocenters. The molecule has 0 fully saturated rings. The number of hydrogen-bond donors (Lipinski definition) is 0. The van der Waals surface area contributed by atoms with E-state index < -0.39 is 340 Å². The molecule has 0 spiro atoms. The normalized spacial score (nSPS) is 14.7. The maximum absolute atomic E-state index is 16.5. The van der Waals surface area contributed by atoms with Gasteiger partial charge in [-0.15, -0.1) is 0 Å². The van der Waals surface area contributed by atoms with E-state index in [1.807, 2.05) is 13.8 Å². The lowest BCUT2D eigenvalue weighted by Crippen LogP contribution is -2.77. The number of nitrogens with zero attached hydrogens (tertiary/aromatic N) is 3. The zero-order valence-corrected chi connectivity index (χ0v) is 68.2. The van der Waals surface area contributed by atoms with Gasteiger partial charge in [0, 0.05) is 5.41 Å². The van der Waals surface area contributed by atoms with E-state index in [1.165, 1.54) is 36.4 Å². The van der Waals surface area contributed by atoms with Crippen molar-refractivity contribution in [1.82, 2.24) is 0 Å². The summed E-state index contributed by atoms with van der Waals surface area (Å²) in [6.45, 7) is 8.05. The van der Waals surface area contributed by atoms with E-state index in [4.69, 9.17) is 0 Å².